The quantitative estimate of drug-likeness (QED) is 0.815. The third-order valence-corrected chi connectivity index (χ3v) is 4.18. The van der Waals surface area contributed by atoms with Crippen LogP contribution in [0, 0.1) is 0 Å². The fourth-order valence-corrected chi connectivity index (χ4v) is 3.03. The number of hydrogen-bond donors (Lipinski definition) is 0. The molecule has 0 aromatic heterocycles. The van der Waals surface area contributed by atoms with E-state index in [9.17, 15) is 9.59 Å². The lowest BCUT2D eigenvalue weighted by Gasteiger charge is -2.23. The van der Waals surface area contributed by atoms with Crippen LogP contribution in [0.5, 0.6) is 0 Å². The Morgan fingerprint density at radius 1 is 1.04 bits per heavy atom. The third-order valence-electron chi connectivity index (χ3n) is 4.18. The molecule has 2 aromatic carbocycles. The predicted molar refractivity (Wildman–Crippen MR) is 91.6 cm³/mol. The van der Waals surface area contributed by atoms with Gasteiger partial charge in [-0.25, -0.2) is 0 Å². The SMILES string of the molecule is CCN(C(=O)CC(=O)N1CCc2ccccc21)c1ccccc1. The number of hydrogen-bond acceptors (Lipinski definition) is 2. The normalized spacial score (nSPS) is 12.8. The Labute approximate surface area is 136 Å². The van der Waals surface area contributed by atoms with Gasteiger partial charge < -0.3 is 9.80 Å². The number of benzene rings is 2. The zero-order valence-corrected chi connectivity index (χ0v) is 13.2. The van der Waals surface area contributed by atoms with E-state index in [2.05, 4.69) is 0 Å². The number of fused-ring (bicyclic) bond motifs is 1. The number of para-hydroxylation sites is 2. The van der Waals surface area contributed by atoms with Crippen LogP contribution in [0.2, 0.25) is 0 Å². The van der Waals surface area contributed by atoms with E-state index in [0.29, 0.717) is 13.1 Å². The fraction of sp³-hybridized carbons (Fsp3) is 0.263. The third kappa shape index (κ3) is 3.11. The number of anilines is 2. The number of carbonyl (C=O) groups is 2. The lowest BCUT2D eigenvalue weighted by Crippen LogP contribution is -2.37. The van der Waals surface area contributed by atoms with E-state index in [1.54, 1.807) is 9.80 Å². The number of carbonyl (C=O) groups excluding carboxylic acids is 2. The number of nitrogens with zero attached hydrogens (tertiary/aromatic N) is 2. The minimum absolute atomic E-state index is 0.100. The van der Waals surface area contributed by atoms with Crippen LogP contribution >= 0.6 is 0 Å². The highest BCUT2D eigenvalue weighted by molar-refractivity contribution is 6.10. The van der Waals surface area contributed by atoms with Crippen LogP contribution in [0.3, 0.4) is 0 Å². The second kappa shape index (κ2) is 6.65. The molecule has 0 fully saturated rings. The maximum Gasteiger partial charge on any atom is 0.236 e. The first kappa shape index (κ1) is 15.3. The molecule has 1 aliphatic rings. The molecule has 0 aliphatic carbocycles. The number of amides is 2. The van der Waals surface area contributed by atoms with Gasteiger partial charge in [-0.3, -0.25) is 9.59 Å². The van der Waals surface area contributed by atoms with Crippen molar-refractivity contribution in [2.24, 2.45) is 0 Å². The first-order valence-corrected chi connectivity index (χ1v) is 7.94. The zero-order valence-electron chi connectivity index (χ0n) is 13.2. The van der Waals surface area contributed by atoms with Crippen molar-refractivity contribution in [2.45, 2.75) is 19.8 Å². The second-order valence-corrected chi connectivity index (χ2v) is 5.57. The molecule has 3 rings (SSSR count). The fourth-order valence-electron chi connectivity index (χ4n) is 3.03. The molecule has 1 aliphatic heterocycles. The van der Waals surface area contributed by atoms with Crippen LogP contribution in [0.25, 0.3) is 0 Å². The van der Waals surface area contributed by atoms with Gasteiger partial charge in [0.05, 0.1) is 0 Å². The summed E-state index contributed by atoms with van der Waals surface area (Å²) < 4.78 is 0. The Morgan fingerprint density at radius 3 is 2.48 bits per heavy atom. The minimum Gasteiger partial charge on any atom is -0.312 e. The van der Waals surface area contributed by atoms with Crippen LogP contribution in [0.4, 0.5) is 11.4 Å². The van der Waals surface area contributed by atoms with Gasteiger partial charge in [0, 0.05) is 24.5 Å². The van der Waals surface area contributed by atoms with Crippen molar-refractivity contribution in [1.29, 1.82) is 0 Å². The lowest BCUT2D eigenvalue weighted by molar-refractivity contribution is -0.126. The smallest absolute Gasteiger partial charge is 0.236 e. The summed E-state index contributed by atoms with van der Waals surface area (Å²) in [6.45, 7) is 3.12. The molecule has 0 saturated carbocycles. The van der Waals surface area contributed by atoms with Crippen molar-refractivity contribution in [2.75, 3.05) is 22.9 Å². The highest BCUT2D eigenvalue weighted by atomic mass is 16.2. The molecule has 4 heteroatoms. The monoisotopic (exact) mass is 308 g/mol. The summed E-state index contributed by atoms with van der Waals surface area (Å²) in [7, 11) is 0. The molecule has 0 N–H and O–H groups in total. The molecule has 0 bridgehead atoms. The molecule has 0 atom stereocenters. The Balaban J connectivity index is 1.72. The Hall–Kier alpha value is -2.62. The van der Waals surface area contributed by atoms with Gasteiger partial charge in [0.1, 0.15) is 6.42 Å². The van der Waals surface area contributed by atoms with Gasteiger partial charge in [0.15, 0.2) is 0 Å². The molecular weight excluding hydrogens is 288 g/mol. The van der Waals surface area contributed by atoms with Gasteiger partial charge in [-0.05, 0) is 37.1 Å². The van der Waals surface area contributed by atoms with E-state index in [4.69, 9.17) is 0 Å². The van der Waals surface area contributed by atoms with Crippen LogP contribution in [0.1, 0.15) is 18.9 Å². The molecule has 0 unspecified atom stereocenters. The van der Waals surface area contributed by atoms with E-state index in [1.807, 2.05) is 61.5 Å². The highest BCUT2D eigenvalue weighted by Gasteiger charge is 2.27. The van der Waals surface area contributed by atoms with Crippen molar-refractivity contribution in [3.63, 3.8) is 0 Å². The lowest BCUT2D eigenvalue weighted by atomic mass is 10.2. The summed E-state index contributed by atoms with van der Waals surface area (Å²) in [6, 6.07) is 17.4. The zero-order chi connectivity index (χ0) is 16.2. The molecule has 23 heavy (non-hydrogen) atoms. The minimum atomic E-state index is -0.159. The van der Waals surface area contributed by atoms with Gasteiger partial charge in [-0.1, -0.05) is 36.4 Å². The topological polar surface area (TPSA) is 40.6 Å². The van der Waals surface area contributed by atoms with Gasteiger partial charge in [0.25, 0.3) is 0 Å². The van der Waals surface area contributed by atoms with Crippen molar-refractivity contribution >= 4 is 23.2 Å². The number of rotatable bonds is 4. The average molecular weight is 308 g/mol. The molecule has 4 nitrogen and oxygen atoms in total. The molecule has 0 radical (unpaired) electrons. The Kier molecular flexibility index (Phi) is 4.42. The molecule has 2 aromatic rings. The predicted octanol–water partition coefficient (Wildman–Crippen LogP) is 3.02. The molecule has 2 amide bonds. The van der Waals surface area contributed by atoms with Gasteiger partial charge >= 0.3 is 0 Å². The second-order valence-electron chi connectivity index (χ2n) is 5.57. The summed E-state index contributed by atoms with van der Waals surface area (Å²) in [5.41, 5.74) is 2.94. The van der Waals surface area contributed by atoms with Crippen molar-refractivity contribution in [3.8, 4) is 0 Å². The van der Waals surface area contributed by atoms with E-state index in [-0.39, 0.29) is 18.2 Å². The maximum atomic E-state index is 12.5. The maximum absolute atomic E-state index is 12.5. The highest BCUT2D eigenvalue weighted by Crippen LogP contribution is 2.28. The first-order chi connectivity index (χ1) is 11.2. The molecule has 118 valence electrons. The van der Waals surface area contributed by atoms with E-state index < -0.39 is 0 Å². The standard InChI is InChI=1S/C19H20N2O2/c1-2-20(16-9-4-3-5-10-16)18(22)14-19(23)21-13-12-15-8-6-7-11-17(15)21/h3-11H,2,12-14H2,1H3. The molecule has 0 saturated heterocycles. The summed E-state index contributed by atoms with van der Waals surface area (Å²) >= 11 is 0. The summed E-state index contributed by atoms with van der Waals surface area (Å²) in [4.78, 5) is 28.5. The van der Waals surface area contributed by atoms with Crippen LogP contribution in [-0.2, 0) is 16.0 Å². The largest absolute Gasteiger partial charge is 0.312 e. The molecular formula is C19H20N2O2. The van der Waals surface area contributed by atoms with Crippen molar-refractivity contribution in [3.05, 3.63) is 60.2 Å². The first-order valence-electron chi connectivity index (χ1n) is 7.94. The van der Waals surface area contributed by atoms with Crippen LogP contribution < -0.4 is 9.80 Å². The summed E-state index contributed by atoms with van der Waals surface area (Å²) in [5.74, 6) is -0.289. The van der Waals surface area contributed by atoms with Crippen molar-refractivity contribution in [1.82, 2.24) is 0 Å². The Bertz CT molecular complexity index is 700. The van der Waals surface area contributed by atoms with Crippen molar-refractivity contribution < 1.29 is 9.59 Å². The molecule has 0 spiro atoms. The van der Waals surface area contributed by atoms with Gasteiger partial charge in [-0.15, -0.1) is 0 Å². The van der Waals surface area contributed by atoms with Gasteiger partial charge in [-0.2, -0.15) is 0 Å². The van der Waals surface area contributed by atoms with Gasteiger partial charge in [0.2, 0.25) is 11.8 Å². The average Bonchev–Trinajstić information content (AvgIpc) is 3.00. The van der Waals surface area contributed by atoms with Crippen LogP contribution in [-0.4, -0.2) is 24.9 Å². The van der Waals surface area contributed by atoms with E-state index >= 15 is 0 Å². The summed E-state index contributed by atoms with van der Waals surface area (Å²) in [5, 5.41) is 0. The molecule has 1 heterocycles. The van der Waals surface area contributed by atoms with E-state index in [1.165, 1.54) is 5.56 Å². The Morgan fingerprint density at radius 2 is 1.74 bits per heavy atom. The van der Waals surface area contributed by atoms with E-state index in [0.717, 1.165) is 17.8 Å². The summed E-state index contributed by atoms with van der Waals surface area (Å²) in [6.07, 6.45) is 0.753. The van der Waals surface area contributed by atoms with Crippen LogP contribution in [0.15, 0.2) is 54.6 Å².